The van der Waals surface area contributed by atoms with Gasteiger partial charge in [0.1, 0.15) is 0 Å². The van der Waals surface area contributed by atoms with Crippen LogP contribution in [-0.2, 0) is 4.74 Å². The van der Waals surface area contributed by atoms with Gasteiger partial charge >= 0.3 is 0 Å². The molecule has 0 amide bonds. The van der Waals surface area contributed by atoms with Crippen LogP contribution in [-0.4, -0.2) is 50.3 Å². The van der Waals surface area contributed by atoms with Crippen LogP contribution in [0.15, 0.2) is 0 Å². The highest BCUT2D eigenvalue weighted by molar-refractivity contribution is 5.04. The normalized spacial score (nSPS) is 32.8. The highest BCUT2D eigenvalue weighted by Crippen LogP contribution is 2.45. The van der Waals surface area contributed by atoms with Crippen molar-refractivity contribution in [1.29, 1.82) is 0 Å². The Labute approximate surface area is 107 Å². The van der Waals surface area contributed by atoms with E-state index in [2.05, 4.69) is 45.0 Å². The number of ether oxygens (including phenoxy) is 1. The van der Waals surface area contributed by atoms with Crippen LogP contribution in [0.5, 0.6) is 0 Å². The van der Waals surface area contributed by atoms with Crippen molar-refractivity contribution < 1.29 is 4.74 Å². The Hall–Kier alpha value is -0.120. The van der Waals surface area contributed by atoms with Crippen LogP contribution in [0.2, 0.25) is 0 Å². The molecule has 1 N–H and O–H groups in total. The van der Waals surface area contributed by atoms with Crippen LogP contribution in [0.4, 0.5) is 0 Å². The average Bonchev–Trinajstić information content (AvgIpc) is 2.35. The molecule has 1 aliphatic carbocycles. The molecule has 1 saturated carbocycles. The van der Waals surface area contributed by atoms with E-state index in [0.717, 1.165) is 26.2 Å². The largest absolute Gasteiger partial charge is 0.378 e. The Bertz CT molecular complexity index is 222. The molecule has 3 unspecified atom stereocenters. The predicted octanol–water partition coefficient (Wildman–Crippen LogP) is 2.12. The molecule has 17 heavy (non-hydrogen) atoms. The van der Waals surface area contributed by atoms with Gasteiger partial charge in [0.2, 0.25) is 0 Å². The van der Waals surface area contributed by atoms with Gasteiger partial charge in [-0.1, -0.05) is 20.8 Å². The van der Waals surface area contributed by atoms with Crippen molar-refractivity contribution in [2.45, 2.75) is 52.7 Å². The molecule has 0 aromatic rings. The van der Waals surface area contributed by atoms with Crippen molar-refractivity contribution in [3.05, 3.63) is 0 Å². The topological polar surface area (TPSA) is 24.5 Å². The maximum absolute atomic E-state index is 5.81. The van der Waals surface area contributed by atoms with Crippen LogP contribution in [0.3, 0.4) is 0 Å². The van der Waals surface area contributed by atoms with Crippen molar-refractivity contribution >= 4 is 0 Å². The Kier molecular flexibility index (Phi) is 5.90. The van der Waals surface area contributed by atoms with Gasteiger partial charge in [0, 0.05) is 31.2 Å². The van der Waals surface area contributed by atoms with Gasteiger partial charge in [0.15, 0.2) is 0 Å². The van der Waals surface area contributed by atoms with Gasteiger partial charge < -0.3 is 15.0 Å². The zero-order chi connectivity index (χ0) is 12.9. The van der Waals surface area contributed by atoms with Gasteiger partial charge in [0.25, 0.3) is 0 Å². The molecular weight excluding hydrogens is 212 g/mol. The fourth-order valence-corrected chi connectivity index (χ4v) is 2.65. The van der Waals surface area contributed by atoms with Gasteiger partial charge in [-0.25, -0.2) is 0 Å². The Morgan fingerprint density at radius 3 is 2.59 bits per heavy atom. The van der Waals surface area contributed by atoms with Gasteiger partial charge in [-0.2, -0.15) is 0 Å². The third-order valence-corrected chi connectivity index (χ3v) is 4.54. The Morgan fingerprint density at radius 2 is 2.06 bits per heavy atom. The number of rotatable bonds is 8. The van der Waals surface area contributed by atoms with E-state index in [0.29, 0.717) is 17.6 Å². The molecule has 0 aromatic carbocycles. The lowest BCUT2D eigenvalue weighted by Crippen LogP contribution is -2.62. The average molecular weight is 242 g/mol. The molecule has 0 heterocycles. The van der Waals surface area contributed by atoms with E-state index in [4.69, 9.17) is 4.74 Å². The van der Waals surface area contributed by atoms with Gasteiger partial charge in [0.05, 0.1) is 6.10 Å². The number of hydrogen-bond donors (Lipinski definition) is 1. The summed E-state index contributed by atoms with van der Waals surface area (Å²) >= 11 is 0. The molecule has 0 aliphatic heterocycles. The molecule has 1 fully saturated rings. The molecular formula is C14H30N2O. The third-order valence-electron chi connectivity index (χ3n) is 4.54. The fourth-order valence-electron chi connectivity index (χ4n) is 2.65. The highest BCUT2D eigenvalue weighted by Gasteiger charge is 2.50. The molecule has 0 saturated heterocycles. The summed E-state index contributed by atoms with van der Waals surface area (Å²) in [6, 6.07) is 0.634. The summed E-state index contributed by atoms with van der Waals surface area (Å²) in [5.74, 6) is 0. The Balaban J connectivity index is 2.31. The molecule has 0 spiro atoms. The minimum absolute atomic E-state index is 0.334. The number of likely N-dealkylation sites (N-methyl/N-ethyl adjacent to an activating group) is 1. The monoisotopic (exact) mass is 242 g/mol. The van der Waals surface area contributed by atoms with Crippen LogP contribution in [0.1, 0.15) is 40.5 Å². The maximum atomic E-state index is 5.81. The second kappa shape index (κ2) is 6.72. The van der Waals surface area contributed by atoms with Gasteiger partial charge in [-0.05, 0) is 33.4 Å². The third kappa shape index (κ3) is 3.43. The standard InChI is InChI=1S/C14H30N2O/c1-6-14(4)12(11-13(14)17-8-3)15-9-10-16(5)7-2/h12-13,15H,6-11H2,1-5H3. The van der Waals surface area contributed by atoms with Crippen molar-refractivity contribution in [3.8, 4) is 0 Å². The van der Waals surface area contributed by atoms with Crippen molar-refractivity contribution in [1.82, 2.24) is 10.2 Å². The Morgan fingerprint density at radius 1 is 1.35 bits per heavy atom. The van der Waals surface area contributed by atoms with Crippen LogP contribution in [0, 0.1) is 5.41 Å². The smallest absolute Gasteiger partial charge is 0.0658 e. The second-order valence-corrected chi connectivity index (χ2v) is 5.44. The maximum Gasteiger partial charge on any atom is 0.0658 e. The molecule has 3 atom stereocenters. The first-order valence-electron chi connectivity index (χ1n) is 7.11. The van der Waals surface area contributed by atoms with E-state index in [1.807, 2.05) is 0 Å². The van der Waals surface area contributed by atoms with Crippen molar-refractivity contribution in [3.63, 3.8) is 0 Å². The molecule has 1 aliphatic rings. The summed E-state index contributed by atoms with van der Waals surface area (Å²) in [6.07, 6.45) is 2.83. The van der Waals surface area contributed by atoms with Crippen LogP contribution in [0.25, 0.3) is 0 Å². The predicted molar refractivity (Wildman–Crippen MR) is 73.4 cm³/mol. The lowest BCUT2D eigenvalue weighted by molar-refractivity contribution is -0.125. The SMILES string of the molecule is CCOC1CC(NCCN(C)CC)C1(C)CC. The minimum Gasteiger partial charge on any atom is -0.378 e. The summed E-state index contributed by atoms with van der Waals surface area (Å²) < 4.78 is 5.81. The summed E-state index contributed by atoms with van der Waals surface area (Å²) in [5.41, 5.74) is 0.334. The number of hydrogen-bond acceptors (Lipinski definition) is 3. The summed E-state index contributed by atoms with van der Waals surface area (Å²) in [5, 5.41) is 3.69. The van der Waals surface area contributed by atoms with Gasteiger partial charge in [-0.15, -0.1) is 0 Å². The lowest BCUT2D eigenvalue weighted by Gasteiger charge is -2.54. The van der Waals surface area contributed by atoms with E-state index in [1.54, 1.807) is 0 Å². The van der Waals surface area contributed by atoms with Crippen LogP contribution < -0.4 is 5.32 Å². The van der Waals surface area contributed by atoms with E-state index >= 15 is 0 Å². The number of nitrogens with zero attached hydrogens (tertiary/aromatic N) is 1. The molecule has 1 rings (SSSR count). The molecule has 0 bridgehead atoms. The second-order valence-electron chi connectivity index (χ2n) is 5.44. The van der Waals surface area contributed by atoms with Gasteiger partial charge in [-0.3, -0.25) is 0 Å². The van der Waals surface area contributed by atoms with Crippen LogP contribution >= 0.6 is 0 Å². The number of nitrogens with one attached hydrogen (secondary N) is 1. The van der Waals surface area contributed by atoms with Crippen molar-refractivity contribution in [2.24, 2.45) is 5.41 Å². The molecule has 0 aromatic heterocycles. The lowest BCUT2D eigenvalue weighted by atomic mass is 9.61. The molecule has 102 valence electrons. The summed E-state index contributed by atoms with van der Waals surface area (Å²) in [4.78, 5) is 2.34. The molecule has 0 radical (unpaired) electrons. The quantitative estimate of drug-likeness (QED) is 0.705. The first kappa shape index (κ1) is 14.9. The fraction of sp³-hybridized carbons (Fsp3) is 1.00. The summed E-state index contributed by atoms with van der Waals surface area (Å²) in [6.45, 7) is 13.1. The summed E-state index contributed by atoms with van der Waals surface area (Å²) in [7, 11) is 2.17. The van der Waals surface area contributed by atoms with E-state index in [-0.39, 0.29) is 0 Å². The minimum atomic E-state index is 0.334. The zero-order valence-corrected chi connectivity index (χ0v) is 12.3. The highest BCUT2D eigenvalue weighted by atomic mass is 16.5. The van der Waals surface area contributed by atoms with E-state index in [1.165, 1.54) is 12.8 Å². The van der Waals surface area contributed by atoms with E-state index < -0.39 is 0 Å². The first-order chi connectivity index (χ1) is 8.08. The van der Waals surface area contributed by atoms with E-state index in [9.17, 15) is 0 Å². The molecule has 3 heteroatoms. The zero-order valence-electron chi connectivity index (χ0n) is 12.3. The molecule has 3 nitrogen and oxygen atoms in total. The van der Waals surface area contributed by atoms with Crippen molar-refractivity contribution in [2.75, 3.05) is 33.3 Å². The first-order valence-corrected chi connectivity index (χ1v) is 7.11.